The van der Waals surface area contributed by atoms with Gasteiger partial charge >= 0.3 is 5.97 Å². The van der Waals surface area contributed by atoms with E-state index in [0.717, 1.165) is 5.69 Å². The lowest BCUT2D eigenvalue weighted by Crippen LogP contribution is -2.37. The number of carboxylic acids is 1. The number of rotatable bonds is 6. The first-order chi connectivity index (χ1) is 10.5. The molecule has 0 radical (unpaired) electrons. The molecule has 1 heterocycles. The van der Waals surface area contributed by atoms with E-state index in [1.54, 1.807) is 17.8 Å². The molecule has 22 heavy (non-hydrogen) atoms. The molecule has 0 saturated heterocycles. The molecule has 0 spiro atoms. The Bertz CT molecular complexity index is 667. The highest BCUT2D eigenvalue weighted by Gasteiger charge is 2.19. The van der Waals surface area contributed by atoms with E-state index in [1.165, 1.54) is 7.11 Å². The van der Waals surface area contributed by atoms with Crippen molar-refractivity contribution in [1.82, 2.24) is 15.1 Å². The topological polar surface area (TPSA) is 93.5 Å². The molecule has 2 N–H and O–H groups in total. The SMILES string of the molecule is COC(CNC(=O)c1cn(-c2ccccc2)nc1C)C(=O)O. The maximum Gasteiger partial charge on any atom is 0.334 e. The molecule has 0 aliphatic heterocycles. The molecule has 0 bridgehead atoms. The summed E-state index contributed by atoms with van der Waals surface area (Å²) in [6.45, 7) is 1.61. The average molecular weight is 303 g/mol. The van der Waals surface area contributed by atoms with Gasteiger partial charge in [-0.25, -0.2) is 9.48 Å². The number of aliphatic carboxylic acids is 1. The Morgan fingerprint density at radius 2 is 2.05 bits per heavy atom. The van der Waals surface area contributed by atoms with Crippen molar-refractivity contribution in [3.63, 3.8) is 0 Å². The number of aromatic nitrogens is 2. The summed E-state index contributed by atoms with van der Waals surface area (Å²) in [7, 11) is 1.28. The monoisotopic (exact) mass is 303 g/mol. The van der Waals surface area contributed by atoms with Crippen LogP contribution in [0.25, 0.3) is 5.69 Å². The zero-order valence-corrected chi connectivity index (χ0v) is 12.3. The Balaban J connectivity index is 2.11. The first kappa shape index (κ1) is 15.7. The summed E-state index contributed by atoms with van der Waals surface area (Å²) in [5.41, 5.74) is 1.79. The Hall–Kier alpha value is -2.67. The second-order valence-electron chi connectivity index (χ2n) is 4.68. The highest BCUT2D eigenvalue weighted by atomic mass is 16.5. The van der Waals surface area contributed by atoms with Crippen LogP contribution in [0.15, 0.2) is 36.5 Å². The molecule has 2 aromatic rings. The minimum Gasteiger partial charge on any atom is -0.479 e. The number of aryl methyl sites for hydroxylation is 1. The number of nitrogens with one attached hydrogen (secondary N) is 1. The van der Waals surface area contributed by atoms with Crippen LogP contribution < -0.4 is 5.32 Å². The van der Waals surface area contributed by atoms with Crippen molar-refractivity contribution in [3.8, 4) is 5.69 Å². The van der Waals surface area contributed by atoms with Crippen LogP contribution in [0.3, 0.4) is 0 Å². The fraction of sp³-hybridized carbons (Fsp3) is 0.267. The zero-order chi connectivity index (χ0) is 16.1. The van der Waals surface area contributed by atoms with Crippen LogP contribution in [0.4, 0.5) is 0 Å². The summed E-state index contributed by atoms with van der Waals surface area (Å²) >= 11 is 0. The number of benzene rings is 1. The molecule has 0 aliphatic rings. The van der Waals surface area contributed by atoms with Gasteiger partial charge in [-0.05, 0) is 19.1 Å². The minimum absolute atomic E-state index is 0.110. The molecule has 2 rings (SSSR count). The van der Waals surface area contributed by atoms with Crippen molar-refractivity contribution in [2.75, 3.05) is 13.7 Å². The van der Waals surface area contributed by atoms with E-state index >= 15 is 0 Å². The van der Waals surface area contributed by atoms with Gasteiger partial charge in [0.15, 0.2) is 6.10 Å². The largest absolute Gasteiger partial charge is 0.479 e. The number of hydrogen-bond acceptors (Lipinski definition) is 4. The van der Waals surface area contributed by atoms with Gasteiger partial charge < -0.3 is 15.2 Å². The Morgan fingerprint density at radius 3 is 2.64 bits per heavy atom. The number of carboxylic acid groups (broad SMARTS) is 1. The number of nitrogens with zero attached hydrogens (tertiary/aromatic N) is 2. The van der Waals surface area contributed by atoms with Crippen molar-refractivity contribution in [2.45, 2.75) is 13.0 Å². The molecular formula is C15H17N3O4. The predicted molar refractivity (Wildman–Crippen MR) is 79.1 cm³/mol. The van der Waals surface area contributed by atoms with Gasteiger partial charge in [-0.3, -0.25) is 4.79 Å². The maximum absolute atomic E-state index is 12.1. The van der Waals surface area contributed by atoms with Crippen LogP contribution in [0.2, 0.25) is 0 Å². The van der Waals surface area contributed by atoms with Gasteiger partial charge in [0, 0.05) is 13.3 Å². The number of amides is 1. The number of carbonyl (C=O) groups excluding carboxylic acids is 1. The first-order valence-electron chi connectivity index (χ1n) is 6.68. The van der Waals surface area contributed by atoms with Crippen LogP contribution in [0.5, 0.6) is 0 Å². The van der Waals surface area contributed by atoms with E-state index in [2.05, 4.69) is 10.4 Å². The normalized spacial score (nSPS) is 11.9. The van der Waals surface area contributed by atoms with Gasteiger partial charge in [-0.2, -0.15) is 5.10 Å². The van der Waals surface area contributed by atoms with Crippen molar-refractivity contribution in [1.29, 1.82) is 0 Å². The molecule has 1 unspecified atom stereocenters. The van der Waals surface area contributed by atoms with Crippen molar-refractivity contribution in [2.24, 2.45) is 0 Å². The number of para-hydroxylation sites is 1. The van der Waals surface area contributed by atoms with Gasteiger partial charge in [0.05, 0.1) is 23.5 Å². The van der Waals surface area contributed by atoms with Crippen molar-refractivity contribution >= 4 is 11.9 Å². The van der Waals surface area contributed by atoms with E-state index in [-0.39, 0.29) is 12.5 Å². The third kappa shape index (κ3) is 3.50. The molecule has 0 saturated carbocycles. The van der Waals surface area contributed by atoms with Gasteiger partial charge in [0.2, 0.25) is 0 Å². The van der Waals surface area contributed by atoms with Gasteiger partial charge in [-0.1, -0.05) is 18.2 Å². The van der Waals surface area contributed by atoms with Crippen LogP contribution in [0, 0.1) is 6.92 Å². The lowest BCUT2D eigenvalue weighted by molar-refractivity contribution is -0.148. The predicted octanol–water partition coefficient (Wildman–Crippen LogP) is 1.01. The fourth-order valence-corrected chi connectivity index (χ4v) is 1.95. The van der Waals surface area contributed by atoms with Crippen LogP contribution in [0.1, 0.15) is 16.1 Å². The number of carbonyl (C=O) groups is 2. The van der Waals surface area contributed by atoms with E-state index in [1.807, 2.05) is 30.3 Å². The molecular weight excluding hydrogens is 286 g/mol. The molecule has 1 aromatic carbocycles. The third-order valence-corrected chi connectivity index (χ3v) is 3.17. The van der Waals surface area contributed by atoms with E-state index in [4.69, 9.17) is 9.84 Å². The first-order valence-corrected chi connectivity index (χ1v) is 6.68. The van der Waals surface area contributed by atoms with E-state index in [9.17, 15) is 9.59 Å². The summed E-state index contributed by atoms with van der Waals surface area (Å²) in [6.07, 6.45) is 0.538. The molecule has 7 nitrogen and oxygen atoms in total. The molecule has 116 valence electrons. The second-order valence-corrected chi connectivity index (χ2v) is 4.68. The molecule has 1 amide bonds. The Labute approximate surface area is 127 Å². The summed E-state index contributed by atoms with van der Waals surface area (Å²) in [6, 6.07) is 9.40. The standard InChI is InChI=1S/C15H17N3O4/c1-10-12(14(19)16-8-13(22-2)15(20)21)9-18(17-10)11-6-4-3-5-7-11/h3-7,9,13H,8H2,1-2H3,(H,16,19)(H,20,21). The quantitative estimate of drug-likeness (QED) is 0.830. The smallest absolute Gasteiger partial charge is 0.334 e. The van der Waals surface area contributed by atoms with Crippen LogP contribution in [-0.4, -0.2) is 46.5 Å². The second kappa shape index (κ2) is 6.86. The molecule has 0 fully saturated rings. The highest BCUT2D eigenvalue weighted by molar-refractivity contribution is 5.95. The Morgan fingerprint density at radius 1 is 1.36 bits per heavy atom. The zero-order valence-electron chi connectivity index (χ0n) is 12.3. The number of hydrogen-bond donors (Lipinski definition) is 2. The highest BCUT2D eigenvalue weighted by Crippen LogP contribution is 2.11. The molecule has 1 aromatic heterocycles. The average Bonchev–Trinajstić information content (AvgIpc) is 2.90. The third-order valence-electron chi connectivity index (χ3n) is 3.17. The summed E-state index contributed by atoms with van der Waals surface area (Å²) in [4.78, 5) is 23.0. The summed E-state index contributed by atoms with van der Waals surface area (Å²) in [5, 5.41) is 15.7. The van der Waals surface area contributed by atoms with Crippen LogP contribution >= 0.6 is 0 Å². The van der Waals surface area contributed by atoms with Crippen molar-refractivity contribution in [3.05, 3.63) is 47.8 Å². The Kier molecular flexibility index (Phi) is 4.90. The van der Waals surface area contributed by atoms with Gasteiger partial charge in [-0.15, -0.1) is 0 Å². The maximum atomic E-state index is 12.1. The minimum atomic E-state index is -1.13. The number of ether oxygens (including phenoxy) is 1. The number of methoxy groups -OCH3 is 1. The fourth-order valence-electron chi connectivity index (χ4n) is 1.95. The molecule has 7 heteroatoms. The van der Waals surface area contributed by atoms with Gasteiger partial charge in [0.1, 0.15) is 0 Å². The van der Waals surface area contributed by atoms with E-state index < -0.39 is 12.1 Å². The molecule has 0 aliphatic carbocycles. The van der Waals surface area contributed by atoms with Crippen molar-refractivity contribution < 1.29 is 19.4 Å². The van der Waals surface area contributed by atoms with Crippen LogP contribution in [-0.2, 0) is 9.53 Å². The summed E-state index contributed by atoms with van der Waals surface area (Å²) in [5.74, 6) is -1.51. The summed E-state index contributed by atoms with van der Waals surface area (Å²) < 4.78 is 6.37. The lowest BCUT2D eigenvalue weighted by atomic mass is 10.2. The lowest BCUT2D eigenvalue weighted by Gasteiger charge is -2.11. The van der Waals surface area contributed by atoms with E-state index in [0.29, 0.717) is 11.3 Å². The van der Waals surface area contributed by atoms with Gasteiger partial charge in [0.25, 0.3) is 5.91 Å². The molecule has 1 atom stereocenters.